The zero-order valence-corrected chi connectivity index (χ0v) is 13.1. The molecule has 1 aliphatic heterocycles. The Morgan fingerprint density at radius 3 is 2.70 bits per heavy atom. The minimum Gasteiger partial charge on any atom is -0.331 e. The predicted molar refractivity (Wildman–Crippen MR) is 87.3 cm³/mol. The Kier molecular flexibility index (Phi) is 3.41. The summed E-state index contributed by atoms with van der Waals surface area (Å²) in [5.74, 6) is 0. The van der Waals surface area contributed by atoms with Gasteiger partial charge in [0.15, 0.2) is 0 Å². The van der Waals surface area contributed by atoms with E-state index in [4.69, 9.17) is 5.26 Å². The van der Waals surface area contributed by atoms with Gasteiger partial charge in [-0.2, -0.15) is 5.26 Å². The molecule has 0 bridgehead atoms. The van der Waals surface area contributed by atoms with E-state index in [1.807, 2.05) is 31.2 Å². The summed E-state index contributed by atoms with van der Waals surface area (Å²) in [4.78, 5) is 27.8. The molecule has 6 nitrogen and oxygen atoms in total. The molecule has 23 heavy (non-hydrogen) atoms. The lowest BCUT2D eigenvalue weighted by Gasteiger charge is -2.31. The van der Waals surface area contributed by atoms with Gasteiger partial charge < -0.3 is 10.3 Å². The number of pyridine rings is 1. The average molecular weight is 308 g/mol. The summed E-state index contributed by atoms with van der Waals surface area (Å²) in [5, 5.41) is 11.9. The fourth-order valence-corrected chi connectivity index (χ4v) is 2.85. The minimum absolute atomic E-state index is 0.0850. The topological polar surface area (TPSA) is 89.0 Å². The highest BCUT2D eigenvalue weighted by Gasteiger charge is 2.26. The Balaban J connectivity index is 2.17. The number of carbonyl (C=O) groups is 1. The highest BCUT2D eigenvalue weighted by atomic mass is 16.2. The van der Waals surface area contributed by atoms with Crippen LogP contribution in [0, 0.1) is 18.3 Å². The third-order valence-corrected chi connectivity index (χ3v) is 4.17. The second kappa shape index (κ2) is 5.29. The molecule has 1 aromatic heterocycles. The SMILES string of the molecule is Cc1[nH]c(=O)c(C#N)cc1-c1ccc2c(c1)C(C)NC(=O)N2C. The number of nitriles is 1. The van der Waals surface area contributed by atoms with E-state index in [1.165, 1.54) is 0 Å². The first-order valence-electron chi connectivity index (χ1n) is 7.25. The molecule has 0 aliphatic carbocycles. The van der Waals surface area contributed by atoms with Gasteiger partial charge in [-0.05, 0) is 43.2 Å². The molecule has 2 amide bonds. The van der Waals surface area contributed by atoms with Gasteiger partial charge in [0, 0.05) is 18.3 Å². The van der Waals surface area contributed by atoms with E-state index < -0.39 is 0 Å². The van der Waals surface area contributed by atoms with Gasteiger partial charge in [-0.25, -0.2) is 4.79 Å². The van der Waals surface area contributed by atoms with Gasteiger partial charge >= 0.3 is 6.03 Å². The Hall–Kier alpha value is -3.07. The maximum atomic E-state index is 11.8. The van der Waals surface area contributed by atoms with Crippen LogP contribution < -0.4 is 15.8 Å². The number of hydrogen-bond donors (Lipinski definition) is 2. The molecular formula is C17H16N4O2. The van der Waals surface area contributed by atoms with E-state index >= 15 is 0 Å². The normalized spacial score (nSPS) is 16.5. The maximum Gasteiger partial charge on any atom is 0.322 e. The summed E-state index contributed by atoms with van der Waals surface area (Å²) in [5.41, 5.74) is 3.95. The van der Waals surface area contributed by atoms with Crippen molar-refractivity contribution >= 4 is 11.7 Å². The zero-order chi connectivity index (χ0) is 16.7. The Bertz CT molecular complexity index is 908. The first-order chi connectivity index (χ1) is 10.9. The molecule has 1 aliphatic rings. The number of carbonyl (C=O) groups excluding carboxylic acids is 1. The summed E-state index contributed by atoms with van der Waals surface area (Å²) in [6, 6.07) is 9.03. The number of aryl methyl sites for hydroxylation is 1. The standard InChI is InChI=1S/C17H16N4O2/c1-9-13(7-12(8-18)16(22)19-9)11-4-5-15-14(6-11)10(2)20-17(23)21(15)3/h4-7,10H,1-3H3,(H,19,22)(H,20,23). The number of hydrogen-bond acceptors (Lipinski definition) is 3. The molecule has 0 fully saturated rings. The molecule has 0 spiro atoms. The van der Waals surface area contributed by atoms with Crippen molar-refractivity contribution in [3.63, 3.8) is 0 Å². The molecule has 1 atom stereocenters. The molecular weight excluding hydrogens is 292 g/mol. The van der Waals surface area contributed by atoms with Crippen LogP contribution in [0.2, 0.25) is 0 Å². The lowest BCUT2D eigenvalue weighted by molar-refractivity contribution is 0.243. The number of rotatable bonds is 1. The van der Waals surface area contributed by atoms with Gasteiger partial charge in [-0.1, -0.05) is 6.07 Å². The second-order valence-corrected chi connectivity index (χ2v) is 5.67. The fraction of sp³-hybridized carbons (Fsp3) is 0.235. The monoisotopic (exact) mass is 308 g/mol. The molecule has 2 aromatic rings. The van der Waals surface area contributed by atoms with Crippen molar-refractivity contribution in [3.05, 3.63) is 51.4 Å². The number of urea groups is 1. The Morgan fingerprint density at radius 1 is 1.26 bits per heavy atom. The molecule has 3 rings (SSSR count). The zero-order valence-electron chi connectivity index (χ0n) is 13.1. The number of benzene rings is 1. The third kappa shape index (κ3) is 2.36. The molecule has 0 saturated heterocycles. The van der Waals surface area contributed by atoms with E-state index in [0.29, 0.717) is 5.69 Å². The number of H-pyrrole nitrogens is 1. The lowest BCUT2D eigenvalue weighted by atomic mass is 9.95. The first kappa shape index (κ1) is 14.9. The van der Waals surface area contributed by atoms with Crippen molar-refractivity contribution in [2.24, 2.45) is 0 Å². The summed E-state index contributed by atoms with van der Waals surface area (Å²) in [7, 11) is 1.72. The maximum absolute atomic E-state index is 11.8. The van der Waals surface area contributed by atoms with Crippen molar-refractivity contribution < 1.29 is 4.79 Å². The van der Waals surface area contributed by atoms with Crippen LogP contribution in [0.5, 0.6) is 0 Å². The number of anilines is 1. The van der Waals surface area contributed by atoms with Crippen LogP contribution in [-0.2, 0) is 0 Å². The van der Waals surface area contributed by atoms with E-state index in [0.717, 1.165) is 22.4 Å². The van der Waals surface area contributed by atoms with E-state index in [-0.39, 0.29) is 23.2 Å². The van der Waals surface area contributed by atoms with Gasteiger partial charge in [0.2, 0.25) is 0 Å². The van der Waals surface area contributed by atoms with Gasteiger partial charge in [-0.3, -0.25) is 9.69 Å². The highest BCUT2D eigenvalue weighted by Crippen LogP contribution is 2.34. The number of fused-ring (bicyclic) bond motifs is 1. The molecule has 2 heterocycles. The fourth-order valence-electron chi connectivity index (χ4n) is 2.85. The number of aromatic amines is 1. The third-order valence-electron chi connectivity index (χ3n) is 4.17. The quantitative estimate of drug-likeness (QED) is 0.848. The summed E-state index contributed by atoms with van der Waals surface area (Å²) in [6.45, 7) is 3.72. The van der Waals surface area contributed by atoms with Gasteiger partial charge in [0.25, 0.3) is 5.56 Å². The molecule has 6 heteroatoms. The van der Waals surface area contributed by atoms with Crippen molar-refractivity contribution in [1.82, 2.24) is 10.3 Å². The number of aromatic nitrogens is 1. The van der Waals surface area contributed by atoms with Crippen LogP contribution >= 0.6 is 0 Å². The van der Waals surface area contributed by atoms with Crippen LogP contribution in [-0.4, -0.2) is 18.1 Å². The Morgan fingerprint density at radius 2 is 2.00 bits per heavy atom. The lowest BCUT2D eigenvalue weighted by Crippen LogP contribution is -2.43. The van der Waals surface area contributed by atoms with Crippen molar-refractivity contribution in [3.8, 4) is 17.2 Å². The van der Waals surface area contributed by atoms with E-state index in [9.17, 15) is 9.59 Å². The van der Waals surface area contributed by atoms with Crippen LogP contribution in [0.3, 0.4) is 0 Å². The summed E-state index contributed by atoms with van der Waals surface area (Å²) in [6.07, 6.45) is 0. The number of nitrogens with one attached hydrogen (secondary N) is 2. The van der Waals surface area contributed by atoms with Gasteiger partial charge in [0.1, 0.15) is 11.6 Å². The van der Waals surface area contributed by atoms with E-state index in [2.05, 4.69) is 10.3 Å². The molecule has 2 N–H and O–H groups in total. The van der Waals surface area contributed by atoms with Gasteiger partial charge in [-0.15, -0.1) is 0 Å². The summed E-state index contributed by atoms with van der Waals surface area (Å²) < 4.78 is 0. The molecule has 1 aromatic carbocycles. The van der Waals surface area contributed by atoms with E-state index in [1.54, 1.807) is 24.9 Å². The van der Waals surface area contributed by atoms with Crippen molar-refractivity contribution in [2.75, 3.05) is 11.9 Å². The van der Waals surface area contributed by atoms with Crippen LogP contribution in [0.15, 0.2) is 29.1 Å². The largest absolute Gasteiger partial charge is 0.331 e. The van der Waals surface area contributed by atoms with Crippen molar-refractivity contribution in [1.29, 1.82) is 5.26 Å². The molecule has 0 radical (unpaired) electrons. The molecule has 116 valence electrons. The minimum atomic E-state index is -0.382. The first-order valence-corrected chi connectivity index (χ1v) is 7.25. The Labute approximate surface area is 133 Å². The highest BCUT2D eigenvalue weighted by molar-refractivity contribution is 5.95. The van der Waals surface area contributed by atoms with Crippen molar-refractivity contribution in [2.45, 2.75) is 19.9 Å². The summed E-state index contributed by atoms with van der Waals surface area (Å²) >= 11 is 0. The van der Waals surface area contributed by atoms with Crippen LogP contribution in [0.4, 0.5) is 10.5 Å². The van der Waals surface area contributed by atoms with Crippen LogP contribution in [0.1, 0.15) is 29.8 Å². The smallest absolute Gasteiger partial charge is 0.322 e. The number of amides is 2. The predicted octanol–water partition coefficient (Wildman–Crippen LogP) is 2.44. The van der Waals surface area contributed by atoms with Gasteiger partial charge in [0.05, 0.1) is 11.7 Å². The second-order valence-electron chi connectivity index (χ2n) is 5.67. The van der Waals surface area contributed by atoms with Crippen LogP contribution in [0.25, 0.3) is 11.1 Å². The molecule has 1 unspecified atom stereocenters. The number of nitrogens with zero attached hydrogens (tertiary/aromatic N) is 2. The average Bonchev–Trinajstić information content (AvgIpc) is 2.52. The molecule has 0 saturated carbocycles.